The largest absolute Gasteiger partial charge is 0.414 e. The molecule has 0 radical (unpaired) electrons. The maximum Gasteiger partial charge on any atom is 0.192 e. The number of alkyl halides is 1. The molecule has 35 heavy (non-hydrogen) atoms. The quantitative estimate of drug-likeness (QED) is 0.456. The third kappa shape index (κ3) is 5.48. The molecule has 0 aromatic carbocycles. The molecule has 3 heterocycles. The lowest BCUT2D eigenvalue weighted by atomic mass is 10.1. The van der Waals surface area contributed by atoms with Crippen LogP contribution in [0.2, 0.25) is 36.3 Å². The second-order valence-electron chi connectivity index (χ2n) is 12.6. The summed E-state index contributed by atoms with van der Waals surface area (Å²) < 4.78 is 37.5. The number of rotatable bonds is 7. The van der Waals surface area contributed by atoms with Gasteiger partial charge in [-0.25, -0.2) is 19.3 Å². The van der Waals surface area contributed by atoms with Gasteiger partial charge in [-0.1, -0.05) is 41.5 Å². The summed E-state index contributed by atoms with van der Waals surface area (Å²) in [4.78, 5) is 13.4. The highest BCUT2D eigenvalue weighted by Gasteiger charge is 2.52. The van der Waals surface area contributed by atoms with Crippen molar-refractivity contribution >= 4 is 33.6 Å². The molecule has 0 amide bonds. The fourth-order valence-corrected chi connectivity index (χ4v) is 5.93. The summed E-state index contributed by atoms with van der Waals surface area (Å²) >= 11 is 0. The van der Waals surface area contributed by atoms with Crippen LogP contribution in [0.4, 0.5) is 10.2 Å². The summed E-state index contributed by atoms with van der Waals surface area (Å²) in [7, 11) is -2.57. The molecule has 1 fully saturated rings. The van der Waals surface area contributed by atoms with Crippen molar-refractivity contribution in [3.05, 3.63) is 12.2 Å². The fourth-order valence-electron chi connectivity index (χ4n) is 3.60. The summed E-state index contributed by atoms with van der Waals surface area (Å²) in [5, 5.41) is 3.02. The molecule has 198 valence electrons. The molecule has 0 bridgehead atoms. The first kappa shape index (κ1) is 28.2. The van der Waals surface area contributed by atoms with Gasteiger partial charge in [0.1, 0.15) is 18.0 Å². The Kier molecular flexibility index (Phi) is 7.63. The van der Waals surface area contributed by atoms with Gasteiger partial charge in [-0.05, 0) is 43.2 Å². The number of anilines is 1. The van der Waals surface area contributed by atoms with Crippen LogP contribution < -0.4 is 5.32 Å². The average Bonchev–Trinajstić information content (AvgIpc) is 3.25. The molecule has 1 saturated heterocycles. The van der Waals surface area contributed by atoms with E-state index in [1.165, 1.54) is 0 Å². The molecule has 0 aliphatic carbocycles. The van der Waals surface area contributed by atoms with Crippen molar-refractivity contribution in [2.45, 2.75) is 109 Å². The lowest BCUT2D eigenvalue weighted by Gasteiger charge is -2.40. The van der Waals surface area contributed by atoms with E-state index in [1.54, 1.807) is 24.9 Å². The van der Waals surface area contributed by atoms with Gasteiger partial charge in [0.15, 0.2) is 46.0 Å². The van der Waals surface area contributed by atoms with E-state index >= 15 is 4.39 Å². The van der Waals surface area contributed by atoms with Crippen LogP contribution in [-0.4, -0.2) is 68.2 Å². The summed E-state index contributed by atoms with van der Waals surface area (Å²) in [5.74, 6) is 1.18. The Hall–Kier alpha value is -1.41. The lowest BCUT2D eigenvalue weighted by molar-refractivity contribution is -0.0421. The van der Waals surface area contributed by atoms with E-state index < -0.39 is 41.2 Å². The van der Waals surface area contributed by atoms with E-state index in [1.807, 2.05) is 0 Å². The molecule has 0 spiro atoms. The minimum atomic E-state index is -2.28. The third-order valence-electron chi connectivity index (χ3n) is 7.96. The van der Waals surface area contributed by atoms with Gasteiger partial charge < -0.3 is 18.9 Å². The van der Waals surface area contributed by atoms with Crippen molar-refractivity contribution < 1.29 is 18.0 Å². The van der Waals surface area contributed by atoms with Crippen molar-refractivity contribution in [2.24, 2.45) is 0 Å². The van der Waals surface area contributed by atoms with Crippen LogP contribution in [0.5, 0.6) is 0 Å². The molecule has 4 atom stereocenters. The van der Waals surface area contributed by atoms with Gasteiger partial charge in [0.2, 0.25) is 0 Å². The molecule has 1 unspecified atom stereocenters. The van der Waals surface area contributed by atoms with E-state index in [4.69, 9.17) is 13.6 Å². The van der Waals surface area contributed by atoms with Crippen LogP contribution >= 0.6 is 0 Å². The van der Waals surface area contributed by atoms with Crippen LogP contribution in [0, 0.1) is 6.92 Å². The van der Waals surface area contributed by atoms with Crippen molar-refractivity contribution in [1.29, 1.82) is 0 Å². The predicted molar refractivity (Wildman–Crippen MR) is 144 cm³/mol. The smallest absolute Gasteiger partial charge is 0.192 e. The first-order valence-electron chi connectivity index (χ1n) is 12.4. The first-order valence-corrected chi connectivity index (χ1v) is 18.2. The Morgan fingerprint density at radius 1 is 1.06 bits per heavy atom. The fraction of sp³-hybridized carbons (Fsp3) is 0.792. The number of nitrogens with one attached hydrogen (secondary N) is 1. The van der Waals surface area contributed by atoms with E-state index in [9.17, 15) is 0 Å². The number of hydrogen-bond donors (Lipinski definition) is 1. The molecule has 8 nitrogen and oxygen atoms in total. The standard InChI is InChI=1S/C24H44FN5O3Si2/c1-15-28-20(26-8)18-21(29-15)30(14-27-18)22-17(25)19(33-35(11,12)24(5,6)7)16(32-22)13-31-34(9,10)23(2,3)4/h14,16-17,19,22H,13H2,1-12H3,(H,26,28,29)/t16-,17-,19?,22-/m1/s1. The molecule has 11 heteroatoms. The zero-order valence-corrected chi connectivity index (χ0v) is 25.5. The number of fused-ring (bicyclic) bond motifs is 1. The number of aromatic nitrogens is 4. The van der Waals surface area contributed by atoms with Gasteiger partial charge >= 0.3 is 0 Å². The summed E-state index contributed by atoms with van der Waals surface area (Å²) in [6.45, 7) is 23.8. The summed E-state index contributed by atoms with van der Waals surface area (Å²) in [5.41, 5.74) is 1.11. The van der Waals surface area contributed by atoms with Crippen molar-refractivity contribution in [2.75, 3.05) is 19.0 Å². The molecular formula is C24H44FN5O3Si2. The summed E-state index contributed by atoms with van der Waals surface area (Å²) in [6.07, 6.45) is -2.01. The highest BCUT2D eigenvalue weighted by atomic mass is 28.4. The van der Waals surface area contributed by atoms with Gasteiger partial charge in [-0.3, -0.25) is 4.57 Å². The number of ether oxygens (including phenoxy) is 1. The Labute approximate surface area is 211 Å². The van der Waals surface area contributed by atoms with E-state index in [0.717, 1.165) is 0 Å². The SMILES string of the molecule is CNc1nc(C)nc2c1ncn2[C@@H]1O[C@H](CO[Si](C)(C)C(C)(C)C)C(O[Si](C)(C)C(C)(C)C)[C@H]1F. The Morgan fingerprint density at radius 2 is 1.66 bits per heavy atom. The number of halogens is 1. The number of nitrogens with zero attached hydrogens (tertiary/aromatic N) is 4. The molecular weight excluding hydrogens is 481 g/mol. The normalized spacial score (nSPS) is 24.4. The topological polar surface area (TPSA) is 83.3 Å². The molecule has 1 N–H and O–H groups in total. The molecule has 3 rings (SSSR count). The zero-order chi connectivity index (χ0) is 26.6. The van der Waals surface area contributed by atoms with Crippen LogP contribution in [0.25, 0.3) is 11.2 Å². The van der Waals surface area contributed by atoms with Gasteiger partial charge in [0.25, 0.3) is 0 Å². The lowest BCUT2D eigenvalue weighted by Crippen LogP contribution is -2.50. The van der Waals surface area contributed by atoms with Crippen LogP contribution in [0.3, 0.4) is 0 Å². The first-order chi connectivity index (χ1) is 15.9. The van der Waals surface area contributed by atoms with E-state index in [-0.39, 0.29) is 16.7 Å². The van der Waals surface area contributed by atoms with Crippen LogP contribution in [0.1, 0.15) is 53.6 Å². The van der Waals surface area contributed by atoms with Crippen molar-refractivity contribution in [3.8, 4) is 0 Å². The van der Waals surface area contributed by atoms with Crippen LogP contribution in [-0.2, 0) is 13.6 Å². The monoisotopic (exact) mass is 525 g/mol. The molecule has 2 aromatic rings. The maximum atomic E-state index is 16.3. The van der Waals surface area contributed by atoms with Gasteiger partial charge in [-0.2, -0.15) is 0 Å². The van der Waals surface area contributed by atoms with Crippen molar-refractivity contribution in [3.63, 3.8) is 0 Å². The molecule has 0 saturated carbocycles. The predicted octanol–water partition coefficient (Wildman–Crippen LogP) is 5.82. The maximum absolute atomic E-state index is 16.3. The Balaban J connectivity index is 1.98. The Morgan fingerprint density at radius 3 is 2.20 bits per heavy atom. The minimum absolute atomic E-state index is 0.0362. The number of imidazole rings is 1. The van der Waals surface area contributed by atoms with Gasteiger partial charge in [0.05, 0.1) is 12.9 Å². The number of hydrogen-bond acceptors (Lipinski definition) is 7. The second-order valence-corrected chi connectivity index (χ2v) is 22.2. The van der Waals surface area contributed by atoms with E-state index in [0.29, 0.717) is 22.8 Å². The van der Waals surface area contributed by atoms with Crippen LogP contribution in [0.15, 0.2) is 6.33 Å². The number of aryl methyl sites for hydroxylation is 1. The van der Waals surface area contributed by atoms with Gasteiger partial charge in [0, 0.05) is 7.05 Å². The van der Waals surface area contributed by atoms with E-state index in [2.05, 4.69) is 88.0 Å². The summed E-state index contributed by atoms with van der Waals surface area (Å²) in [6, 6.07) is 0. The zero-order valence-electron chi connectivity index (χ0n) is 23.5. The molecule has 1 aliphatic rings. The third-order valence-corrected chi connectivity index (χ3v) is 16.9. The highest BCUT2D eigenvalue weighted by molar-refractivity contribution is 6.74. The molecule has 1 aliphatic heterocycles. The molecule has 2 aromatic heterocycles. The second kappa shape index (κ2) is 9.48. The Bertz CT molecular complexity index is 1050. The average molecular weight is 526 g/mol. The highest BCUT2D eigenvalue weighted by Crippen LogP contribution is 2.44. The minimum Gasteiger partial charge on any atom is -0.414 e. The van der Waals surface area contributed by atoms with Crippen molar-refractivity contribution in [1.82, 2.24) is 19.5 Å². The van der Waals surface area contributed by atoms with Gasteiger partial charge in [-0.15, -0.1) is 0 Å².